The highest BCUT2D eigenvalue weighted by molar-refractivity contribution is 5.92. The van der Waals surface area contributed by atoms with Crippen LogP contribution in [0.2, 0.25) is 0 Å². The average Bonchev–Trinajstić information content (AvgIpc) is 2.35. The van der Waals surface area contributed by atoms with Crippen LogP contribution in [0.4, 0.5) is 19.0 Å². The summed E-state index contributed by atoms with van der Waals surface area (Å²) in [6.07, 6.45) is -4.30. The summed E-state index contributed by atoms with van der Waals surface area (Å²) in [5, 5.41) is 10.5. The molecule has 1 aromatic heterocycles. The summed E-state index contributed by atoms with van der Waals surface area (Å²) in [6.45, 7) is -1.39. The van der Waals surface area contributed by atoms with Crippen molar-refractivity contribution in [2.45, 2.75) is 12.8 Å². The topological polar surface area (TPSA) is 36.4 Å². The molecule has 6 heteroatoms. The Balaban J connectivity index is 2.51. The lowest BCUT2D eigenvalue weighted by atomic mass is 10.1. The molecule has 0 fully saturated rings. The molecule has 0 aliphatic rings. The Kier molecular flexibility index (Phi) is 3.61. The number of aliphatic hydroxyl groups is 1. The lowest BCUT2D eigenvalue weighted by Crippen LogP contribution is -2.31. The summed E-state index contributed by atoms with van der Waals surface area (Å²) < 4.78 is 37.4. The minimum absolute atomic E-state index is 0.222. The molecule has 1 heterocycles. The van der Waals surface area contributed by atoms with Gasteiger partial charge in [-0.1, -0.05) is 24.3 Å². The molecule has 1 aromatic carbocycles. The molecule has 0 saturated carbocycles. The Labute approximate surface area is 108 Å². The van der Waals surface area contributed by atoms with Gasteiger partial charge in [-0.2, -0.15) is 13.2 Å². The van der Waals surface area contributed by atoms with Gasteiger partial charge in [-0.3, -0.25) is 0 Å². The third-order valence-corrected chi connectivity index (χ3v) is 2.71. The number of anilines is 1. The third-order valence-electron chi connectivity index (χ3n) is 2.71. The van der Waals surface area contributed by atoms with E-state index >= 15 is 0 Å². The molecular formula is C13H13F3N2O. The van der Waals surface area contributed by atoms with Crippen molar-refractivity contribution >= 4 is 16.6 Å². The van der Waals surface area contributed by atoms with Crippen molar-refractivity contribution in [2.75, 3.05) is 18.5 Å². The summed E-state index contributed by atoms with van der Waals surface area (Å²) in [5.74, 6) is 0.222. The molecule has 0 aliphatic carbocycles. The van der Waals surface area contributed by atoms with E-state index in [0.717, 1.165) is 10.3 Å². The minimum atomic E-state index is -4.30. The Morgan fingerprint density at radius 2 is 1.95 bits per heavy atom. The molecule has 0 aliphatic heterocycles. The molecule has 0 amide bonds. The van der Waals surface area contributed by atoms with E-state index in [1.165, 1.54) is 7.05 Å². The standard InChI is InChI=1S/C13H13F3N2O/c1-18(8-13(14,15)16)12-11-5-3-2-4-9(11)6-10(7-19)17-12/h2-6,19H,7-8H2,1H3. The molecule has 0 saturated heterocycles. The van der Waals surface area contributed by atoms with Gasteiger partial charge >= 0.3 is 6.18 Å². The second-order valence-electron chi connectivity index (χ2n) is 4.29. The van der Waals surface area contributed by atoms with Crippen molar-refractivity contribution in [1.29, 1.82) is 0 Å². The number of aliphatic hydroxyl groups excluding tert-OH is 1. The molecule has 3 nitrogen and oxygen atoms in total. The zero-order valence-electron chi connectivity index (χ0n) is 10.3. The number of pyridine rings is 1. The maximum atomic E-state index is 12.5. The van der Waals surface area contributed by atoms with Crippen LogP contribution in [-0.2, 0) is 6.61 Å². The SMILES string of the molecule is CN(CC(F)(F)F)c1nc(CO)cc2ccccc12. The molecule has 0 unspecified atom stereocenters. The van der Waals surface area contributed by atoms with E-state index in [1.54, 1.807) is 30.3 Å². The first-order valence-electron chi connectivity index (χ1n) is 5.68. The van der Waals surface area contributed by atoms with E-state index in [-0.39, 0.29) is 12.4 Å². The van der Waals surface area contributed by atoms with E-state index in [4.69, 9.17) is 5.11 Å². The van der Waals surface area contributed by atoms with Gasteiger partial charge in [-0.05, 0) is 11.5 Å². The van der Waals surface area contributed by atoms with E-state index in [9.17, 15) is 13.2 Å². The normalized spacial score (nSPS) is 11.8. The van der Waals surface area contributed by atoms with Gasteiger partial charge in [0.2, 0.25) is 0 Å². The van der Waals surface area contributed by atoms with Gasteiger partial charge in [0, 0.05) is 12.4 Å². The summed E-state index contributed by atoms with van der Waals surface area (Å²) in [7, 11) is 1.34. The summed E-state index contributed by atoms with van der Waals surface area (Å²) in [4.78, 5) is 5.12. The van der Waals surface area contributed by atoms with Crippen molar-refractivity contribution in [3.05, 3.63) is 36.0 Å². The molecule has 0 bridgehead atoms. The molecule has 0 spiro atoms. The molecule has 0 atom stereocenters. The number of nitrogens with zero attached hydrogens (tertiary/aromatic N) is 2. The number of halogens is 3. The Morgan fingerprint density at radius 3 is 2.58 bits per heavy atom. The lowest BCUT2D eigenvalue weighted by molar-refractivity contribution is -0.119. The van der Waals surface area contributed by atoms with Crippen LogP contribution in [0.1, 0.15) is 5.69 Å². The number of rotatable bonds is 3. The monoisotopic (exact) mass is 270 g/mol. The van der Waals surface area contributed by atoms with Crippen molar-refractivity contribution in [3.8, 4) is 0 Å². The molecule has 1 N–H and O–H groups in total. The van der Waals surface area contributed by atoms with Crippen LogP contribution in [0.3, 0.4) is 0 Å². The molecule has 2 rings (SSSR count). The lowest BCUT2D eigenvalue weighted by Gasteiger charge is -2.22. The quantitative estimate of drug-likeness (QED) is 0.931. The smallest absolute Gasteiger partial charge is 0.390 e. The maximum Gasteiger partial charge on any atom is 0.405 e. The molecular weight excluding hydrogens is 257 g/mol. The second kappa shape index (κ2) is 5.05. The highest BCUT2D eigenvalue weighted by Crippen LogP contribution is 2.27. The minimum Gasteiger partial charge on any atom is -0.390 e. The van der Waals surface area contributed by atoms with Crippen LogP contribution in [-0.4, -0.2) is 29.9 Å². The van der Waals surface area contributed by atoms with E-state index in [2.05, 4.69) is 4.98 Å². The predicted molar refractivity (Wildman–Crippen MR) is 67.0 cm³/mol. The molecule has 102 valence electrons. The van der Waals surface area contributed by atoms with Crippen molar-refractivity contribution in [3.63, 3.8) is 0 Å². The van der Waals surface area contributed by atoms with Gasteiger partial charge in [0.1, 0.15) is 12.4 Å². The maximum absolute atomic E-state index is 12.5. The van der Waals surface area contributed by atoms with Crippen molar-refractivity contribution < 1.29 is 18.3 Å². The van der Waals surface area contributed by atoms with Gasteiger partial charge in [-0.15, -0.1) is 0 Å². The number of benzene rings is 1. The molecule has 2 aromatic rings. The predicted octanol–water partition coefficient (Wildman–Crippen LogP) is 2.73. The first-order valence-corrected chi connectivity index (χ1v) is 5.68. The zero-order valence-corrected chi connectivity index (χ0v) is 10.3. The highest BCUT2D eigenvalue weighted by Gasteiger charge is 2.30. The van der Waals surface area contributed by atoms with Gasteiger partial charge in [-0.25, -0.2) is 4.98 Å². The first kappa shape index (κ1) is 13.6. The van der Waals surface area contributed by atoms with E-state index in [0.29, 0.717) is 11.1 Å². The molecule has 0 radical (unpaired) electrons. The largest absolute Gasteiger partial charge is 0.405 e. The number of hydrogen-bond acceptors (Lipinski definition) is 3. The van der Waals surface area contributed by atoms with Crippen LogP contribution in [0.5, 0.6) is 0 Å². The van der Waals surface area contributed by atoms with Gasteiger partial charge in [0.05, 0.1) is 12.3 Å². The molecule has 19 heavy (non-hydrogen) atoms. The number of aromatic nitrogens is 1. The first-order chi connectivity index (χ1) is 8.90. The van der Waals surface area contributed by atoms with Gasteiger partial charge in [0.15, 0.2) is 0 Å². The van der Waals surface area contributed by atoms with Crippen LogP contribution in [0.15, 0.2) is 30.3 Å². The second-order valence-corrected chi connectivity index (χ2v) is 4.29. The van der Waals surface area contributed by atoms with Crippen LogP contribution in [0, 0.1) is 0 Å². The van der Waals surface area contributed by atoms with Gasteiger partial charge in [0.25, 0.3) is 0 Å². The zero-order chi connectivity index (χ0) is 14.0. The number of fused-ring (bicyclic) bond motifs is 1. The van der Waals surface area contributed by atoms with E-state index < -0.39 is 12.7 Å². The Bertz CT molecular complexity index is 584. The number of alkyl halides is 3. The van der Waals surface area contributed by atoms with Crippen LogP contribution >= 0.6 is 0 Å². The van der Waals surface area contributed by atoms with Crippen molar-refractivity contribution in [2.24, 2.45) is 0 Å². The average molecular weight is 270 g/mol. The fourth-order valence-corrected chi connectivity index (χ4v) is 1.95. The Hall–Kier alpha value is -1.82. The summed E-state index contributed by atoms with van der Waals surface area (Å²) in [5.41, 5.74) is 0.350. The van der Waals surface area contributed by atoms with Gasteiger partial charge < -0.3 is 10.0 Å². The summed E-state index contributed by atoms with van der Waals surface area (Å²) >= 11 is 0. The van der Waals surface area contributed by atoms with Crippen LogP contribution in [0.25, 0.3) is 10.8 Å². The highest BCUT2D eigenvalue weighted by atomic mass is 19.4. The Morgan fingerprint density at radius 1 is 1.26 bits per heavy atom. The fourth-order valence-electron chi connectivity index (χ4n) is 1.95. The van der Waals surface area contributed by atoms with Crippen molar-refractivity contribution in [1.82, 2.24) is 4.98 Å². The number of hydrogen-bond donors (Lipinski definition) is 1. The van der Waals surface area contributed by atoms with Crippen LogP contribution < -0.4 is 4.90 Å². The summed E-state index contributed by atoms with van der Waals surface area (Å²) in [6, 6.07) is 8.69. The fraction of sp³-hybridized carbons (Fsp3) is 0.308. The van der Waals surface area contributed by atoms with E-state index in [1.807, 2.05) is 0 Å². The third kappa shape index (κ3) is 3.14.